The Kier molecular flexibility index (Phi) is 7.07. The monoisotopic (exact) mass is 612 g/mol. The van der Waals surface area contributed by atoms with Crippen molar-refractivity contribution >= 4 is 21.8 Å². The maximum absolute atomic E-state index is 6.43. The molecule has 226 valence electrons. The van der Waals surface area contributed by atoms with Gasteiger partial charge >= 0.3 is 0 Å². The van der Waals surface area contributed by atoms with Gasteiger partial charge in [0.2, 0.25) is 5.95 Å². The number of ether oxygens (including phenoxy) is 2. The van der Waals surface area contributed by atoms with E-state index in [1.807, 2.05) is 89.5 Å². The van der Waals surface area contributed by atoms with Gasteiger partial charge in [-0.05, 0) is 97.8 Å². The molecule has 4 aromatic carbocycles. The van der Waals surface area contributed by atoms with Gasteiger partial charge in [0.15, 0.2) is 0 Å². The highest BCUT2D eigenvalue weighted by Gasteiger charge is 2.17. The predicted octanol–water partition coefficient (Wildman–Crippen LogP) is 9.29. The zero-order chi connectivity index (χ0) is 31.7. The summed E-state index contributed by atoms with van der Waals surface area (Å²) in [6.45, 7) is 4.15. The van der Waals surface area contributed by atoms with Gasteiger partial charge in [-0.1, -0.05) is 24.3 Å². The third-order valence-electron chi connectivity index (χ3n) is 8.16. The molecule has 8 rings (SSSR count). The first kappa shape index (κ1) is 28.1. The minimum Gasteiger partial charge on any atom is -0.457 e. The third kappa shape index (κ3) is 5.42. The van der Waals surface area contributed by atoms with Crippen molar-refractivity contribution in [1.82, 2.24) is 29.5 Å². The Morgan fingerprint density at radius 2 is 0.957 bits per heavy atom. The summed E-state index contributed by atoms with van der Waals surface area (Å²) in [7, 11) is 0. The van der Waals surface area contributed by atoms with Crippen molar-refractivity contribution in [3.05, 3.63) is 145 Å². The van der Waals surface area contributed by atoms with Crippen molar-refractivity contribution in [1.29, 1.82) is 0 Å². The van der Waals surface area contributed by atoms with Crippen LogP contribution in [0.5, 0.6) is 23.0 Å². The van der Waals surface area contributed by atoms with E-state index in [0.29, 0.717) is 17.4 Å². The molecule has 8 heteroatoms. The van der Waals surface area contributed by atoms with Gasteiger partial charge in [0.1, 0.15) is 35.7 Å². The van der Waals surface area contributed by atoms with Crippen LogP contribution in [0.25, 0.3) is 50.3 Å². The van der Waals surface area contributed by atoms with Gasteiger partial charge in [-0.15, -0.1) is 0 Å². The highest BCUT2D eigenvalue weighted by molar-refractivity contribution is 6.09. The first-order valence-electron chi connectivity index (χ1n) is 15.2. The van der Waals surface area contributed by atoms with Crippen LogP contribution in [0, 0.1) is 13.8 Å². The second-order valence-corrected chi connectivity index (χ2v) is 11.2. The lowest BCUT2D eigenvalue weighted by atomic mass is 10.0. The Morgan fingerprint density at radius 1 is 0.489 bits per heavy atom. The van der Waals surface area contributed by atoms with Gasteiger partial charge in [-0.25, -0.2) is 15.0 Å². The molecule has 0 fully saturated rings. The fourth-order valence-corrected chi connectivity index (χ4v) is 5.87. The van der Waals surface area contributed by atoms with Gasteiger partial charge in [0.05, 0.1) is 22.4 Å². The van der Waals surface area contributed by atoms with Crippen molar-refractivity contribution in [3.8, 4) is 51.5 Å². The minimum absolute atomic E-state index is 0.495. The van der Waals surface area contributed by atoms with E-state index >= 15 is 0 Å². The fourth-order valence-electron chi connectivity index (χ4n) is 5.87. The number of fused-ring (bicyclic) bond motifs is 3. The molecule has 4 heterocycles. The maximum Gasteiger partial charge on any atom is 0.237 e. The largest absolute Gasteiger partial charge is 0.457 e. The first-order valence-corrected chi connectivity index (χ1v) is 15.2. The summed E-state index contributed by atoms with van der Waals surface area (Å²) in [5, 5.41) is 2.07. The van der Waals surface area contributed by atoms with Gasteiger partial charge in [-0.3, -0.25) is 14.5 Å². The molecule has 8 aromatic rings. The highest BCUT2D eigenvalue weighted by Crippen LogP contribution is 2.38. The molecular weight excluding hydrogens is 584 g/mol. The van der Waals surface area contributed by atoms with Gasteiger partial charge in [0, 0.05) is 46.4 Å². The Hall–Kier alpha value is -6.41. The zero-order valence-electron chi connectivity index (χ0n) is 25.7. The van der Waals surface area contributed by atoms with Crippen LogP contribution >= 0.6 is 0 Å². The summed E-state index contributed by atoms with van der Waals surface area (Å²) >= 11 is 0. The van der Waals surface area contributed by atoms with Crippen LogP contribution in [0.2, 0.25) is 0 Å². The number of pyridine rings is 2. The summed E-state index contributed by atoms with van der Waals surface area (Å²) in [4.78, 5) is 22.1. The van der Waals surface area contributed by atoms with Crippen molar-refractivity contribution in [3.63, 3.8) is 0 Å². The predicted molar refractivity (Wildman–Crippen MR) is 183 cm³/mol. The highest BCUT2D eigenvalue weighted by atomic mass is 16.5. The number of aromatic nitrogens is 6. The third-order valence-corrected chi connectivity index (χ3v) is 8.16. The second kappa shape index (κ2) is 11.8. The molecule has 0 bridgehead atoms. The molecule has 0 spiro atoms. The molecule has 0 N–H and O–H groups in total. The van der Waals surface area contributed by atoms with Gasteiger partial charge in [0.25, 0.3) is 0 Å². The Labute approximate surface area is 271 Å². The lowest BCUT2D eigenvalue weighted by Crippen LogP contribution is -2.01. The van der Waals surface area contributed by atoms with Crippen LogP contribution in [-0.2, 0) is 0 Å². The first-order chi connectivity index (χ1) is 23.1. The van der Waals surface area contributed by atoms with Crippen molar-refractivity contribution in [2.45, 2.75) is 13.8 Å². The number of aryl methyl sites for hydroxylation is 2. The summed E-state index contributed by atoms with van der Waals surface area (Å²) in [6.07, 6.45) is 6.59. The molecule has 0 amide bonds. The van der Waals surface area contributed by atoms with Crippen molar-refractivity contribution < 1.29 is 9.47 Å². The van der Waals surface area contributed by atoms with E-state index in [4.69, 9.17) is 9.47 Å². The van der Waals surface area contributed by atoms with E-state index in [0.717, 1.165) is 66.9 Å². The van der Waals surface area contributed by atoms with E-state index in [1.54, 1.807) is 12.4 Å². The van der Waals surface area contributed by atoms with Crippen LogP contribution in [0.1, 0.15) is 11.1 Å². The Bertz CT molecular complexity index is 2230. The molecule has 0 radical (unpaired) electrons. The van der Waals surface area contributed by atoms with E-state index in [-0.39, 0.29) is 0 Å². The molecule has 0 atom stereocenters. The number of hydrogen-bond donors (Lipinski definition) is 0. The van der Waals surface area contributed by atoms with Crippen LogP contribution in [0.3, 0.4) is 0 Å². The molecule has 0 aliphatic heterocycles. The summed E-state index contributed by atoms with van der Waals surface area (Å²) < 4.78 is 14.9. The molecule has 0 aliphatic rings. The van der Waals surface area contributed by atoms with Crippen LogP contribution in [0.15, 0.2) is 134 Å². The number of nitrogens with zero attached hydrogens (tertiary/aromatic N) is 6. The number of rotatable bonds is 7. The Morgan fingerprint density at radius 3 is 1.43 bits per heavy atom. The lowest BCUT2D eigenvalue weighted by molar-refractivity contribution is 0.483. The zero-order valence-corrected chi connectivity index (χ0v) is 25.7. The van der Waals surface area contributed by atoms with Crippen molar-refractivity contribution in [2.75, 3.05) is 0 Å². The molecule has 4 aromatic heterocycles. The van der Waals surface area contributed by atoms with Crippen LogP contribution in [-0.4, -0.2) is 29.5 Å². The number of hydrogen-bond acceptors (Lipinski definition) is 7. The normalized spacial score (nSPS) is 11.2. The van der Waals surface area contributed by atoms with Gasteiger partial charge in [-0.2, -0.15) is 0 Å². The molecule has 0 aliphatic carbocycles. The van der Waals surface area contributed by atoms with Crippen molar-refractivity contribution in [2.24, 2.45) is 0 Å². The molecule has 8 nitrogen and oxygen atoms in total. The van der Waals surface area contributed by atoms with E-state index in [1.165, 1.54) is 12.7 Å². The van der Waals surface area contributed by atoms with E-state index in [2.05, 4.69) is 63.0 Å². The molecular formula is C39H28N6O2. The number of benzene rings is 4. The van der Waals surface area contributed by atoms with E-state index < -0.39 is 0 Å². The second-order valence-electron chi connectivity index (χ2n) is 11.2. The average Bonchev–Trinajstić information content (AvgIpc) is 3.44. The Balaban J connectivity index is 1.19. The minimum atomic E-state index is 0.495. The average molecular weight is 613 g/mol. The lowest BCUT2D eigenvalue weighted by Gasteiger charge is -2.11. The molecule has 0 saturated carbocycles. The summed E-state index contributed by atoms with van der Waals surface area (Å²) in [5.41, 5.74) is 7.89. The summed E-state index contributed by atoms with van der Waals surface area (Å²) in [6, 6.07) is 36.0. The van der Waals surface area contributed by atoms with E-state index in [9.17, 15) is 0 Å². The van der Waals surface area contributed by atoms with Crippen LogP contribution < -0.4 is 9.47 Å². The fraction of sp³-hybridized carbons (Fsp3) is 0.0513. The standard InChI is InChI=1S/C39H28N6O2/c1-25-9-11-27(19-33(25)35-7-3-5-17-41-35)46-29-13-15-31-32-16-14-30(22-38(32)45(37(31)21-29)39-43-23-40-24-44-39)47-28-12-10-26(2)34(20-28)36-8-4-6-18-42-36/h3-24H,1-2H3. The SMILES string of the molecule is Cc1ccc(Oc2ccc3c4ccc(Oc5ccc(C)c(-c6ccccn6)c5)cc4n(-c4ncncn4)c3c2)cc1-c1ccccn1. The molecule has 0 unspecified atom stereocenters. The summed E-state index contributed by atoms with van der Waals surface area (Å²) in [5.74, 6) is 3.30. The smallest absolute Gasteiger partial charge is 0.237 e. The maximum atomic E-state index is 6.43. The van der Waals surface area contributed by atoms with Crippen LogP contribution in [0.4, 0.5) is 0 Å². The topological polar surface area (TPSA) is 87.8 Å². The molecule has 47 heavy (non-hydrogen) atoms. The molecule has 0 saturated heterocycles. The quantitative estimate of drug-likeness (QED) is 0.177. The van der Waals surface area contributed by atoms with Gasteiger partial charge < -0.3 is 9.47 Å².